The second-order valence-electron chi connectivity index (χ2n) is 7.29. The van der Waals surface area contributed by atoms with Crippen LogP contribution in [0.3, 0.4) is 0 Å². The summed E-state index contributed by atoms with van der Waals surface area (Å²) in [6.45, 7) is 11.1. The molecule has 2 aromatic carbocycles. The molecule has 0 aromatic heterocycles. The lowest BCUT2D eigenvalue weighted by Gasteiger charge is -2.34. The number of ether oxygens (including phenoxy) is 2. The van der Waals surface area contributed by atoms with Gasteiger partial charge in [-0.15, -0.1) is 0 Å². The van der Waals surface area contributed by atoms with Gasteiger partial charge in [0.15, 0.2) is 0 Å². The molecule has 0 spiro atoms. The molecule has 0 atom stereocenters. The number of nitrogens with zero attached hydrogens (tertiary/aromatic N) is 2. The molecule has 1 aliphatic rings. The van der Waals surface area contributed by atoms with E-state index in [4.69, 9.17) is 9.47 Å². The van der Waals surface area contributed by atoms with Gasteiger partial charge in [0.05, 0.1) is 7.11 Å². The fourth-order valence-electron chi connectivity index (χ4n) is 3.44. The molecule has 1 fully saturated rings. The number of piperazine rings is 1. The highest BCUT2D eigenvalue weighted by atomic mass is 16.5. The second kappa shape index (κ2) is 9.11. The fourth-order valence-corrected chi connectivity index (χ4v) is 3.44. The van der Waals surface area contributed by atoms with Crippen LogP contribution in [-0.4, -0.2) is 55.5 Å². The summed E-state index contributed by atoms with van der Waals surface area (Å²) in [7, 11) is 1.64. The Balaban J connectivity index is 1.72. The van der Waals surface area contributed by atoms with E-state index >= 15 is 0 Å². The molecule has 5 heteroatoms. The van der Waals surface area contributed by atoms with Crippen LogP contribution in [0.2, 0.25) is 0 Å². The Hall–Kier alpha value is -2.53. The molecule has 0 N–H and O–H groups in total. The normalized spacial score (nSPS) is 14.8. The van der Waals surface area contributed by atoms with Crippen LogP contribution in [0.4, 0.5) is 0 Å². The Morgan fingerprint density at radius 3 is 2.39 bits per heavy atom. The molecule has 0 unspecified atom stereocenters. The quantitative estimate of drug-likeness (QED) is 0.765. The van der Waals surface area contributed by atoms with Crippen molar-refractivity contribution in [1.82, 2.24) is 9.80 Å². The number of amides is 1. The van der Waals surface area contributed by atoms with Gasteiger partial charge >= 0.3 is 0 Å². The first-order valence-electron chi connectivity index (χ1n) is 9.90. The van der Waals surface area contributed by atoms with Crippen LogP contribution in [0.25, 0.3) is 0 Å². The summed E-state index contributed by atoms with van der Waals surface area (Å²) in [5, 5.41) is 0. The summed E-state index contributed by atoms with van der Waals surface area (Å²) in [5.74, 6) is 1.62. The summed E-state index contributed by atoms with van der Waals surface area (Å²) in [4.78, 5) is 17.2. The van der Waals surface area contributed by atoms with Gasteiger partial charge in [-0.1, -0.05) is 13.0 Å². The standard InChI is InChI=1S/C23H30N2O3/c1-5-24-10-12-25(13-11-24)23(26)19-7-9-22(27-4)20(15-19)16-28-21-8-6-17(2)18(3)14-21/h6-9,14-15H,5,10-13,16H2,1-4H3. The zero-order chi connectivity index (χ0) is 20.1. The molecule has 0 saturated carbocycles. The molecule has 1 heterocycles. The SMILES string of the molecule is CCN1CCN(C(=O)c2ccc(OC)c(COc3ccc(C)c(C)c3)c2)CC1. The molecular formula is C23H30N2O3. The molecule has 1 saturated heterocycles. The first kappa shape index (κ1) is 20.2. The zero-order valence-electron chi connectivity index (χ0n) is 17.3. The number of likely N-dealkylation sites (N-methyl/N-ethyl adjacent to an activating group) is 1. The lowest BCUT2D eigenvalue weighted by atomic mass is 10.1. The Labute approximate surface area is 167 Å². The number of carbonyl (C=O) groups is 1. The van der Waals surface area contributed by atoms with Crippen LogP contribution in [0.1, 0.15) is 34.0 Å². The number of benzene rings is 2. The fraction of sp³-hybridized carbons (Fsp3) is 0.435. The van der Waals surface area contributed by atoms with Crippen LogP contribution in [0.5, 0.6) is 11.5 Å². The average molecular weight is 383 g/mol. The second-order valence-corrected chi connectivity index (χ2v) is 7.29. The predicted octanol–water partition coefficient (Wildman–Crippen LogP) is 3.67. The van der Waals surface area contributed by atoms with Gasteiger partial charge in [0.25, 0.3) is 5.91 Å². The third kappa shape index (κ3) is 4.65. The summed E-state index contributed by atoms with van der Waals surface area (Å²) in [6, 6.07) is 11.6. The highest BCUT2D eigenvalue weighted by molar-refractivity contribution is 5.94. The molecule has 5 nitrogen and oxygen atoms in total. The van der Waals surface area contributed by atoms with Crippen molar-refractivity contribution in [3.63, 3.8) is 0 Å². The molecule has 150 valence electrons. The maximum atomic E-state index is 12.9. The number of hydrogen-bond donors (Lipinski definition) is 0. The van der Waals surface area contributed by atoms with Crippen molar-refractivity contribution in [3.8, 4) is 11.5 Å². The monoisotopic (exact) mass is 382 g/mol. The minimum absolute atomic E-state index is 0.0748. The van der Waals surface area contributed by atoms with Crippen molar-refractivity contribution < 1.29 is 14.3 Å². The van der Waals surface area contributed by atoms with Crippen LogP contribution in [0.15, 0.2) is 36.4 Å². The van der Waals surface area contributed by atoms with Gasteiger partial charge in [0.2, 0.25) is 0 Å². The third-order valence-electron chi connectivity index (χ3n) is 5.51. The molecule has 1 aliphatic heterocycles. The third-order valence-corrected chi connectivity index (χ3v) is 5.51. The number of methoxy groups -OCH3 is 1. The van der Waals surface area contributed by atoms with E-state index < -0.39 is 0 Å². The lowest BCUT2D eigenvalue weighted by molar-refractivity contribution is 0.0643. The van der Waals surface area contributed by atoms with Gasteiger partial charge in [-0.3, -0.25) is 4.79 Å². The molecular weight excluding hydrogens is 352 g/mol. The highest BCUT2D eigenvalue weighted by Gasteiger charge is 2.22. The molecule has 1 amide bonds. The Morgan fingerprint density at radius 2 is 1.75 bits per heavy atom. The van der Waals surface area contributed by atoms with Crippen molar-refractivity contribution in [2.24, 2.45) is 0 Å². The molecule has 3 rings (SSSR count). The first-order chi connectivity index (χ1) is 13.5. The maximum Gasteiger partial charge on any atom is 0.253 e. The summed E-state index contributed by atoms with van der Waals surface area (Å²) >= 11 is 0. The van der Waals surface area contributed by atoms with Crippen LogP contribution >= 0.6 is 0 Å². The number of aryl methyl sites for hydroxylation is 2. The Kier molecular flexibility index (Phi) is 6.57. The summed E-state index contributed by atoms with van der Waals surface area (Å²) < 4.78 is 11.4. The molecule has 0 radical (unpaired) electrons. The van der Waals surface area contributed by atoms with Crippen LogP contribution in [-0.2, 0) is 6.61 Å². The van der Waals surface area contributed by atoms with E-state index in [1.54, 1.807) is 7.11 Å². The minimum atomic E-state index is 0.0748. The van der Waals surface area contributed by atoms with Gasteiger partial charge in [-0.05, 0) is 61.9 Å². The number of rotatable bonds is 6. The Bertz CT molecular complexity index is 827. The lowest BCUT2D eigenvalue weighted by Crippen LogP contribution is -2.48. The van der Waals surface area contributed by atoms with Gasteiger partial charge in [-0.25, -0.2) is 0 Å². The van der Waals surface area contributed by atoms with E-state index in [9.17, 15) is 4.79 Å². The molecule has 0 aliphatic carbocycles. The number of carbonyl (C=O) groups excluding carboxylic acids is 1. The average Bonchev–Trinajstić information content (AvgIpc) is 2.74. The summed E-state index contributed by atoms with van der Waals surface area (Å²) in [5.41, 5.74) is 3.99. The van der Waals surface area contributed by atoms with E-state index in [1.807, 2.05) is 35.2 Å². The van der Waals surface area contributed by atoms with Gasteiger partial charge in [0.1, 0.15) is 18.1 Å². The van der Waals surface area contributed by atoms with E-state index in [0.717, 1.165) is 49.8 Å². The van der Waals surface area contributed by atoms with Crippen LogP contribution in [0, 0.1) is 13.8 Å². The highest BCUT2D eigenvalue weighted by Crippen LogP contribution is 2.24. The minimum Gasteiger partial charge on any atom is -0.496 e. The van der Waals surface area contributed by atoms with Crippen molar-refractivity contribution in [3.05, 3.63) is 58.7 Å². The van der Waals surface area contributed by atoms with Crippen molar-refractivity contribution >= 4 is 5.91 Å². The molecule has 0 bridgehead atoms. The smallest absolute Gasteiger partial charge is 0.253 e. The first-order valence-corrected chi connectivity index (χ1v) is 9.90. The van der Waals surface area contributed by atoms with Crippen molar-refractivity contribution in [1.29, 1.82) is 0 Å². The zero-order valence-corrected chi connectivity index (χ0v) is 17.3. The van der Waals surface area contributed by atoms with Gasteiger partial charge in [0, 0.05) is 37.3 Å². The van der Waals surface area contributed by atoms with Crippen molar-refractivity contribution in [2.45, 2.75) is 27.4 Å². The summed E-state index contributed by atoms with van der Waals surface area (Å²) in [6.07, 6.45) is 0. The number of hydrogen-bond acceptors (Lipinski definition) is 4. The molecule has 2 aromatic rings. The van der Waals surface area contributed by atoms with Gasteiger partial charge < -0.3 is 19.3 Å². The van der Waals surface area contributed by atoms with E-state index in [0.29, 0.717) is 12.2 Å². The molecule has 28 heavy (non-hydrogen) atoms. The maximum absolute atomic E-state index is 12.9. The van der Waals surface area contributed by atoms with E-state index in [-0.39, 0.29) is 5.91 Å². The predicted molar refractivity (Wildman–Crippen MR) is 111 cm³/mol. The Morgan fingerprint density at radius 1 is 1.00 bits per heavy atom. The van der Waals surface area contributed by atoms with Crippen molar-refractivity contribution in [2.75, 3.05) is 39.8 Å². The largest absolute Gasteiger partial charge is 0.496 e. The van der Waals surface area contributed by atoms with E-state index in [1.165, 1.54) is 11.1 Å². The van der Waals surface area contributed by atoms with Gasteiger partial charge in [-0.2, -0.15) is 0 Å². The van der Waals surface area contributed by atoms with Crippen LogP contribution < -0.4 is 9.47 Å². The topological polar surface area (TPSA) is 42.0 Å². The van der Waals surface area contributed by atoms with E-state index in [2.05, 4.69) is 31.7 Å².